The van der Waals surface area contributed by atoms with Gasteiger partial charge >= 0.3 is 0 Å². The van der Waals surface area contributed by atoms with Gasteiger partial charge < -0.3 is 5.32 Å². The molecule has 0 bridgehead atoms. The lowest BCUT2D eigenvalue weighted by Gasteiger charge is -2.10. The van der Waals surface area contributed by atoms with Gasteiger partial charge in [-0.25, -0.2) is 18.3 Å². The first-order valence-corrected chi connectivity index (χ1v) is 11.0. The van der Waals surface area contributed by atoms with Crippen molar-refractivity contribution in [3.05, 3.63) is 101 Å². The summed E-state index contributed by atoms with van der Waals surface area (Å²) in [6.45, 7) is 4.48. The van der Waals surface area contributed by atoms with Crippen molar-refractivity contribution in [2.24, 2.45) is 0 Å². The van der Waals surface area contributed by atoms with E-state index < -0.39 is 12.3 Å². The minimum Gasteiger partial charge on any atom is -0.322 e. The van der Waals surface area contributed by atoms with Gasteiger partial charge in [-0.3, -0.25) is 9.48 Å². The number of carbonyl (C=O) groups excluding carboxylic acids is 1. The molecule has 1 N–H and O–H groups in total. The third-order valence-electron chi connectivity index (χ3n) is 5.66. The topological polar surface area (TPSA) is 77.1 Å². The molecule has 0 aliphatic rings. The maximum absolute atomic E-state index is 13.8. The zero-order valence-corrected chi connectivity index (χ0v) is 19.1. The molecule has 0 spiro atoms. The molecule has 3 heterocycles. The van der Waals surface area contributed by atoms with Crippen LogP contribution in [-0.4, -0.2) is 30.3 Å². The summed E-state index contributed by atoms with van der Waals surface area (Å²) < 4.78 is 30.5. The van der Waals surface area contributed by atoms with E-state index in [1.807, 2.05) is 48.9 Å². The molecule has 0 atom stereocenters. The third kappa shape index (κ3) is 4.52. The van der Waals surface area contributed by atoms with Gasteiger partial charge in [0.1, 0.15) is 11.3 Å². The molecule has 5 aromatic rings. The quantitative estimate of drug-likeness (QED) is 0.357. The van der Waals surface area contributed by atoms with Crippen molar-refractivity contribution in [2.45, 2.75) is 26.8 Å². The van der Waals surface area contributed by atoms with Gasteiger partial charge in [-0.15, -0.1) is 0 Å². The molecule has 176 valence electrons. The van der Waals surface area contributed by atoms with Crippen molar-refractivity contribution < 1.29 is 13.6 Å². The lowest BCUT2D eigenvalue weighted by atomic mass is 10.1. The van der Waals surface area contributed by atoms with Crippen LogP contribution in [-0.2, 0) is 6.54 Å². The summed E-state index contributed by atoms with van der Waals surface area (Å²) in [7, 11) is 0. The standard InChI is InChI=1S/C26H22F2N6O/c1-16-11-17(2)33(32-16)15-18-7-6-10-20(12-18)30-26(35)21-14-29-34-23(24(27)28)13-22(31-25(21)34)19-8-4-3-5-9-19/h3-14,24H,15H2,1-2H3,(H,30,35). The Morgan fingerprint density at radius 2 is 1.83 bits per heavy atom. The number of halogens is 2. The monoisotopic (exact) mass is 472 g/mol. The summed E-state index contributed by atoms with van der Waals surface area (Å²) in [4.78, 5) is 17.6. The Morgan fingerprint density at radius 1 is 1.03 bits per heavy atom. The van der Waals surface area contributed by atoms with Crippen LogP contribution in [0.1, 0.15) is 39.4 Å². The minimum absolute atomic E-state index is 0.0675. The van der Waals surface area contributed by atoms with Crippen molar-refractivity contribution in [1.82, 2.24) is 24.4 Å². The molecule has 0 saturated carbocycles. The molecule has 0 unspecified atom stereocenters. The second kappa shape index (κ2) is 9.09. The Hall–Kier alpha value is -4.40. The van der Waals surface area contributed by atoms with Crippen LogP contribution in [0.2, 0.25) is 0 Å². The van der Waals surface area contributed by atoms with Crippen LogP contribution >= 0.6 is 0 Å². The van der Waals surface area contributed by atoms with Gasteiger partial charge in [-0.1, -0.05) is 42.5 Å². The number of anilines is 1. The fourth-order valence-corrected chi connectivity index (χ4v) is 4.01. The molecule has 3 aromatic heterocycles. The molecule has 35 heavy (non-hydrogen) atoms. The summed E-state index contributed by atoms with van der Waals surface area (Å²) in [5, 5.41) is 11.3. The number of aryl methyl sites for hydroxylation is 2. The van der Waals surface area contributed by atoms with E-state index >= 15 is 0 Å². The maximum atomic E-state index is 13.8. The predicted molar refractivity (Wildman–Crippen MR) is 129 cm³/mol. The zero-order valence-electron chi connectivity index (χ0n) is 19.1. The van der Waals surface area contributed by atoms with Gasteiger partial charge in [0.2, 0.25) is 0 Å². The molecule has 0 aliphatic carbocycles. The molecule has 9 heteroatoms. The van der Waals surface area contributed by atoms with E-state index in [0.717, 1.165) is 21.5 Å². The van der Waals surface area contributed by atoms with E-state index in [-0.39, 0.29) is 16.9 Å². The molecule has 0 saturated heterocycles. The minimum atomic E-state index is -2.79. The van der Waals surface area contributed by atoms with Crippen LogP contribution in [0.4, 0.5) is 14.5 Å². The zero-order chi connectivity index (χ0) is 24.5. The number of fused-ring (bicyclic) bond motifs is 1. The fraction of sp³-hybridized carbons (Fsp3) is 0.154. The van der Waals surface area contributed by atoms with Crippen LogP contribution < -0.4 is 5.32 Å². The van der Waals surface area contributed by atoms with E-state index in [4.69, 9.17) is 0 Å². The van der Waals surface area contributed by atoms with E-state index in [0.29, 0.717) is 23.5 Å². The van der Waals surface area contributed by atoms with Crippen LogP contribution in [0.25, 0.3) is 16.9 Å². The molecular weight excluding hydrogens is 450 g/mol. The van der Waals surface area contributed by atoms with E-state index in [9.17, 15) is 13.6 Å². The van der Waals surface area contributed by atoms with E-state index in [1.165, 1.54) is 12.3 Å². The second-order valence-corrected chi connectivity index (χ2v) is 8.27. The van der Waals surface area contributed by atoms with Crippen LogP contribution in [0, 0.1) is 13.8 Å². The summed E-state index contributed by atoms with van der Waals surface area (Å²) in [5.41, 5.74) is 4.35. The fourth-order valence-electron chi connectivity index (χ4n) is 4.01. The number of alkyl halides is 2. The highest BCUT2D eigenvalue weighted by Crippen LogP contribution is 2.27. The highest BCUT2D eigenvalue weighted by atomic mass is 19.3. The summed E-state index contributed by atoms with van der Waals surface area (Å²) in [5.74, 6) is -0.485. The average Bonchev–Trinajstić information content (AvgIpc) is 3.41. The van der Waals surface area contributed by atoms with Crippen LogP contribution in [0.5, 0.6) is 0 Å². The Labute approximate surface area is 200 Å². The summed E-state index contributed by atoms with van der Waals surface area (Å²) in [6.07, 6.45) is -1.53. The van der Waals surface area contributed by atoms with Gasteiger partial charge in [-0.05, 0) is 43.7 Å². The molecule has 0 radical (unpaired) electrons. The summed E-state index contributed by atoms with van der Waals surface area (Å²) >= 11 is 0. The maximum Gasteiger partial charge on any atom is 0.280 e. The average molecular weight is 472 g/mol. The predicted octanol–water partition coefficient (Wildman–Crippen LogP) is 5.45. The van der Waals surface area contributed by atoms with Crippen molar-refractivity contribution >= 4 is 17.2 Å². The van der Waals surface area contributed by atoms with Crippen molar-refractivity contribution in [3.8, 4) is 11.3 Å². The van der Waals surface area contributed by atoms with Gasteiger partial charge in [0.25, 0.3) is 12.3 Å². The number of aromatic nitrogens is 5. The molecule has 1 amide bonds. The first-order chi connectivity index (χ1) is 16.9. The Morgan fingerprint density at radius 3 is 2.54 bits per heavy atom. The number of hydrogen-bond donors (Lipinski definition) is 1. The van der Waals surface area contributed by atoms with E-state index in [2.05, 4.69) is 20.5 Å². The smallest absolute Gasteiger partial charge is 0.280 e. The number of amides is 1. The largest absolute Gasteiger partial charge is 0.322 e. The highest BCUT2D eigenvalue weighted by Gasteiger charge is 2.21. The number of benzene rings is 2. The second-order valence-electron chi connectivity index (χ2n) is 8.27. The highest BCUT2D eigenvalue weighted by molar-refractivity contribution is 6.08. The Kier molecular flexibility index (Phi) is 5.82. The number of hydrogen-bond acceptors (Lipinski definition) is 4. The number of nitrogens with one attached hydrogen (secondary N) is 1. The van der Waals surface area contributed by atoms with Gasteiger partial charge in [0.15, 0.2) is 5.65 Å². The van der Waals surface area contributed by atoms with Crippen molar-refractivity contribution in [1.29, 1.82) is 0 Å². The molecular formula is C26H22F2N6O. The third-order valence-corrected chi connectivity index (χ3v) is 5.66. The van der Waals surface area contributed by atoms with Crippen molar-refractivity contribution in [2.75, 3.05) is 5.32 Å². The van der Waals surface area contributed by atoms with Crippen LogP contribution in [0.3, 0.4) is 0 Å². The lowest BCUT2D eigenvalue weighted by Crippen LogP contribution is -2.13. The first-order valence-electron chi connectivity index (χ1n) is 11.0. The van der Waals surface area contributed by atoms with E-state index in [1.54, 1.807) is 30.3 Å². The van der Waals surface area contributed by atoms with Gasteiger partial charge in [-0.2, -0.15) is 10.2 Å². The number of nitrogens with zero attached hydrogens (tertiary/aromatic N) is 5. The van der Waals surface area contributed by atoms with Crippen LogP contribution in [0.15, 0.2) is 72.9 Å². The molecule has 0 fully saturated rings. The Balaban J connectivity index is 1.46. The normalized spacial score (nSPS) is 11.3. The first kappa shape index (κ1) is 22.4. The van der Waals surface area contributed by atoms with Gasteiger partial charge in [0, 0.05) is 16.9 Å². The molecule has 7 nitrogen and oxygen atoms in total. The lowest BCUT2D eigenvalue weighted by molar-refractivity contribution is 0.102. The Bertz CT molecular complexity index is 1520. The summed E-state index contributed by atoms with van der Waals surface area (Å²) in [6, 6.07) is 19.7. The molecule has 5 rings (SSSR count). The van der Waals surface area contributed by atoms with Crippen molar-refractivity contribution in [3.63, 3.8) is 0 Å². The van der Waals surface area contributed by atoms with Gasteiger partial charge in [0.05, 0.1) is 24.1 Å². The molecule has 2 aromatic carbocycles. The SMILES string of the molecule is Cc1cc(C)n(Cc2cccc(NC(=O)c3cnn4c(C(F)F)cc(-c5ccccc5)nc34)c2)n1. The molecule has 0 aliphatic heterocycles. The number of rotatable bonds is 6. The number of carbonyl (C=O) groups is 1.